The van der Waals surface area contributed by atoms with Crippen molar-refractivity contribution >= 4 is 44.4 Å². The zero-order valence-corrected chi connectivity index (χ0v) is 18.8. The highest BCUT2D eigenvalue weighted by atomic mass is 32.2. The second-order valence-corrected chi connectivity index (χ2v) is 9.83. The van der Waals surface area contributed by atoms with Gasteiger partial charge in [-0.05, 0) is 35.9 Å². The van der Waals surface area contributed by atoms with Gasteiger partial charge in [-0.15, -0.1) is 0 Å². The maximum atomic E-state index is 12.0. The minimum atomic E-state index is -3.45. The van der Waals surface area contributed by atoms with Crippen LogP contribution in [0.25, 0.3) is 11.0 Å². The fourth-order valence-corrected chi connectivity index (χ4v) is 4.25. The minimum absolute atomic E-state index is 0.0664. The van der Waals surface area contributed by atoms with Crippen LogP contribution in [0.2, 0.25) is 0 Å². The van der Waals surface area contributed by atoms with Gasteiger partial charge in [-0.3, -0.25) is 9.10 Å². The lowest BCUT2D eigenvalue weighted by molar-refractivity contribution is 0.0965. The predicted octanol–water partition coefficient (Wildman–Crippen LogP) is 2.26. The van der Waals surface area contributed by atoms with Crippen molar-refractivity contribution in [2.45, 2.75) is 13.1 Å². The monoisotopic (exact) mass is 463 g/mol. The summed E-state index contributed by atoms with van der Waals surface area (Å²) in [5, 5.41) is 6.85. The lowest BCUT2D eigenvalue weighted by Gasteiger charge is -2.19. The van der Waals surface area contributed by atoms with Crippen LogP contribution in [0.3, 0.4) is 0 Å². The van der Waals surface area contributed by atoms with Crippen LogP contribution in [-0.4, -0.2) is 47.1 Å². The van der Waals surface area contributed by atoms with Crippen LogP contribution < -0.4 is 14.9 Å². The molecular weight excluding hydrogens is 442 g/mol. The number of anilines is 3. The first-order valence-electron chi connectivity index (χ1n) is 10.2. The van der Waals surface area contributed by atoms with E-state index in [4.69, 9.17) is 0 Å². The maximum absolute atomic E-state index is 12.0. The summed E-state index contributed by atoms with van der Waals surface area (Å²) in [6.45, 7) is 0.886. The highest BCUT2D eigenvalue weighted by molar-refractivity contribution is 7.92. The summed E-state index contributed by atoms with van der Waals surface area (Å²) in [5.41, 5.74) is 3.83. The number of nitrogens with zero attached hydrogens (tertiary/aromatic N) is 5. The van der Waals surface area contributed by atoms with Crippen LogP contribution >= 0.6 is 0 Å². The Labute approximate surface area is 190 Å². The number of carbonyl (C=O) groups excluding carboxylic acids is 1. The lowest BCUT2D eigenvalue weighted by Crippen LogP contribution is -2.27. The summed E-state index contributed by atoms with van der Waals surface area (Å²) in [7, 11) is -1.96. The SMILES string of the molecule is CN(c1ncccc1Cn1ccc2cnc(Nc3ccc4c(c3)CNC4=O)nc21)S(C)(=O)=O. The number of hydrogen-bond acceptors (Lipinski definition) is 7. The van der Waals surface area contributed by atoms with Crippen molar-refractivity contribution in [2.24, 2.45) is 0 Å². The highest BCUT2D eigenvalue weighted by Gasteiger charge is 2.19. The van der Waals surface area contributed by atoms with Gasteiger partial charge in [0.2, 0.25) is 16.0 Å². The first-order chi connectivity index (χ1) is 15.8. The number of amides is 1. The Hall–Kier alpha value is -3.99. The van der Waals surface area contributed by atoms with Crippen molar-refractivity contribution in [1.29, 1.82) is 0 Å². The van der Waals surface area contributed by atoms with Crippen molar-refractivity contribution in [3.63, 3.8) is 0 Å². The molecule has 4 heterocycles. The van der Waals surface area contributed by atoms with Crippen molar-refractivity contribution in [2.75, 3.05) is 22.9 Å². The number of fused-ring (bicyclic) bond motifs is 2. The molecule has 11 heteroatoms. The van der Waals surface area contributed by atoms with Crippen molar-refractivity contribution < 1.29 is 13.2 Å². The molecule has 0 saturated heterocycles. The molecule has 1 aliphatic rings. The van der Waals surface area contributed by atoms with Crippen LogP contribution in [0.1, 0.15) is 21.5 Å². The molecule has 5 rings (SSSR count). The van der Waals surface area contributed by atoms with E-state index in [-0.39, 0.29) is 5.91 Å². The van der Waals surface area contributed by atoms with Gasteiger partial charge in [0.1, 0.15) is 11.5 Å². The summed E-state index contributed by atoms with van der Waals surface area (Å²) in [4.78, 5) is 25.1. The molecule has 1 aromatic carbocycles. The standard InChI is InChI=1S/C22H21N7O3S/c1-28(33(2,31)32)19-15(4-3-8-23-19)13-29-9-7-14-11-25-22(27-20(14)29)26-17-5-6-18-16(10-17)12-24-21(18)30/h3-11H,12-13H2,1-2H3,(H,24,30)(H,25,26,27). The maximum Gasteiger partial charge on any atom is 0.251 e. The number of carbonyl (C=O) groups is 1. The van der Waals surface area contributed by atoms with Gasteiger partial charge >= 0.3 is 0 Å². The Kier molecular flexibility index (Phi) is 4.97. The van der Waals surface area contributed by atoms with Gasteiger partial charge in [-0.2, -0.15) is 4.98 Å². The predicted molar refractivity (Wildman–Crippen MR) is 125 cm³/mol. The van der Waals surface area contributed by atoms with Crippen LogP contribution in [-0.2, 0) is 23.1 Å². The third-order valence-corrected chi connectivity index (χ3v) is 6.72. The van der Waals surface area contributed by atoms with Gasteiger partial charge in [-0.1, -0.05) is 6.07 Å². The Bertz CT molecular complexity index is 1500. The molecule has 0 spiro atoms. The van der Waals surface area contributed by atoms with Crippen LogP contribution in [0.15, 0.2) is 55.0 Å². The van der Waals surface area contributed by atoms with Crippen molar-refractivity contribution in [3.05, 3.63) is 71.7 Å². The third kappa shape index (κ3) is 3.98. The average Bonchev–Trinajstić information content (AvgIpc) is 3.36. The molecule has 1 amide bonds. The fourth-order valence-electron chi connectivity index (χ4n) is 3.78. The molecule has 0 atom stereocenters. The quantitative estimate of drug-likeness (QED) is 0.450. The fraction of sp³-hybridized carbons (Fsp3) is 0.182. The van der Waals surface area contributed by atoms with Crippen LogP contribution in [0.5, 0.6) is 0 Å². The van der Waals surface area contributed by atoms with Gasteiger partial charge < -0.3 is 15.2 Å². The van der Waals surface area contributed by atoms with E-state index in [1.54, 1.807) is 24.5 Å². The zero-order chi connectivity index (χ0) is 23.2. The molecule has 0 radical (unpaired) electrons. The number of aromatic nitrogens is 4. The number of sulfonamides is 1. The van der Waals surface area contributed by atoms with E-state index in [0.717, 1.165) is 28.5 Å². The topological polar surface area (TPSA) is 122 Å². The van der Waals surface area contributed by atoms with E-state index >= 15 is 0 Å². The molecule has 2 N–H and O–H groups in total. The molecule has 3 aromatic heterocycles. The Morgan fingerprint density at radius 3 is 2.88 bits per heavy atom. The molecule has 0 fully saturated rings. The van der Waals surface area contributed by atoms with E-state index in [9.17, 15) is 13.2 Å². The summed E-state index contributed by atoms with van der Waals surface area (Å²) < 4.78 is 27.2. The lowest BCUT2D eigenvalue weighted by atomic mass is 10.1. The summed E-state index contributed by atoms with van der Waals surface area (Å²) >= 11 is 0. The third-order valence-electron chi connectivity index (χ3n) is 5.55. The molecular formula is C22H21N7O3S. The van der Waals surface area contributed by atoms with E-state index in [1.807, 2.05) is 35.0 Å². The van der Waals surface area contributed by atoms with Gasteiger partial charge in [0.15, 0.2) is 0 Å². The highest BCUT2D eigenvalue weighted by Crippen LogP contribution is 2.24. The smallest absolute Gasteiger partial charge is 0.251 e. The largest absolute Gasteiger partial charge is 0.348 e. The van der Waals surface area contributed by atoms with Gasteiger partial charge in [0, 0.05) is 54.4 Å². The number of benzene rings is 1. The Balaban J connectivity index is 1.45. The number of nitrogens with one attached hydrogen (secondary N) is 2. The van der Waals surface area contributed by atoms with Gasteiger partial charge in [0.25, 0.3) is 5.91 Å². The number of rotatable bonds is 6. The van der Waals surface area contributed by atoms with Crippen molar-refractivity contribution in [3.8, 4) is 0 Å². The van der Waals surface area contributed by atoms with Gasteiger partial charge in [0.05, 0.1) is 12.8 Å². The first-order valence-corrected chi connectivity index (χ1v) is 12.0. The second-order valence-electron chi connectivity index (χ2n) is 7.81. The zero-order valence-electron chi connectivity index (χ0n) is 18.0. The average molecular weight is 464 g/mol. The second kappa shape index (κ2) is 7.85. The number of pyridine rings is 1. The summed E-state index contributed by atoms with van der Waals surface area (Å²) in [6, 6.07) is 11.0. The Morgan fingerprint density at radius 1 is 1.21 bits per heavy atom. The Morgan fingerprint density at radius 2 is 2.06 bits per heavy atom. The molecule has 10 nitrogen and oxygen atoms in total. The van der Waals surface area contributed by atoms with E-state index in [2.05, 4.69) is 25.6 Å². The van der Waals surface area contributed by atoms with E-state index in [0.29, 0.717) is 36.1 Å². The molecule has 0 bridgehead atoms. The van der Waals surface area contributed by atoms with E-state index in [1.165, 1.54) is 11.4 Å². The van der Waals surface area contributed by atoms with E-state index < -0.39 is 10.0 Å². The van der Waals surface area contributed by atoms with Gasteiger partial charge in [-0.25, -0.2) is 18.4 Å². The number of hydrogen-bond donors (Lipinski definition) is 2. The molecule has 33 heavy (non-hydrogen) atoms. The van der Waals surface area contributed by atoms with Crippen LogP contribution in [0.4, 0.5) is 17.5 Å². The van der Waals surface area contributed by atoms with Crippen molar-refractivity contribution in [1.82, 2.24) is 24.8 Å². The normalized spacial score (nSPS) is 13.1. The first kappa shape index (κ1) is 20.9. The molecule has 0 aliphatic carbocycles. The molecule has 0 unspecified atom stereocenters. The summed E-state index contributed by atoms with van der Waals surface area (Å²) in [5.74, 6) is 0.721. The minimum Gasteiger partial charge on any atom is -0.348 e. The van der Waals surface area contributed by atoms with Crippen LogP contribution in [0, 0.1) is 0 Å². The molecule has 168 valence electrons. The summed E-state index contributed by atoms with van der Waals surface area (Å²) in [6.07, 6.45) is 6.32. The molecule has 0 saturated carbocycles. The molecule has 4 aromatic rings. The molecule has 1 aliphatic heterocycles.